The molecule has 2 heterocycles. The van der Waals surface area contributed by atoms with Crippen LogP contribution in [0.25, 0.3) is 0 Å². The quantitative estimate of drug-likeness (QED) is 0.719. The van der Waals surface area contributed by atoms with Crippen molar-refractivity contribution in [2.45, 2.75) is 18.9 Å². The molecule has 1 fully saturated rings. The highest BCUT2D eigenvalue weighted by Gasteiger charge is 2.38. The Labute approximate surface area is 93.2 Å². The molecule has 2 amide bonds. The number of hydrogen-bond acceptors (Lipinski definition) is 2. The molecule has 82 valence electrons. The average molecular weight is 216 g/mol. The Morgan fingerprint density at radius 1 is 1.25 bits per heavy atom. The Kier molecular flexibility index (Phi) is 1.96. The number of para-hydroxylation sites is 1. The molecule has 0 radical (unpaired) electrons. The van der Waals surface area contributed by atoms with E-state index in [1.54, 1.807) is 17.0 Å². The number of nitrogens with zero attached hydrogens (tertiary/aromatic N) is 1. The van der Waals surface area contributed by atoms with Gasteiger partial charge in [0.25, 0.3) is 0 Å². The van der Waals surface area contributed by atoms with Crippen molar-refractivity contribution in [2.75, 3.05) is 11.9 Å². The van der Waals surface area contributed by atoms with E-state index in [-0.39, 0.29) is 17.9 Å². The Morgan fingerprint density at radius 2 is 2.06 bits per heavy atom. The van der Waals surface area contributed by atoms with Gasteiger partial charge in [-0.1, -0.05) is 12.1 Å². The lowest BCUT2D eigenvalue weighted by molar-refractivity contribution is 0.0899. The average Bonchev–Trinajstić information content (AvgIpc) is 2.74. The van der Waals surface area contributed by atoms with Crippen LogP contribution in [0.2, 0.25) is 0 Å². The number of urea groups is 1. The lowest BCUT2D eigenvalue weighted by Crippen LogP contribution is -2.40. The molecule has 0 saturated carbocycles. The molecule has 2 aliphatic heterocycles. The van der Waals surface area contributed by atoms with Gasteiger partial charge < -0.3 is 10.2 Å². The minimum Gasteiger partial charge on any atom is -0.314 e. The van der Waals surface area contributed by atoms with E-state index in [9.17, 15) is 9.59 Å². The van der Waals surface area contributed by atoms with Gasteiger partial charge in [0.05, 0.1) is 11.7 Å². The molecule has 4 nitrogen and oxygen atoms in total. The van der Waals surface area contributed by atoms with E-state index >= 15 is 0 Å². The monoisotopic (exact) mass is 216 g/mol. The zero-order chi connectivity index (χ0) is 11.1. The van der Waals surface area contributed by atoms with Crippen molar-refractivity contribution in [3.05, 3.63) is 29.8 Å². The van der Waals surface area contributed by atoms with Crippen molar-refractivity contribution in [1.29, 1.82) is 0 Å². The molecule has 3 rings (SSSR count). The number of fused-ring (bicyclic) bond motifs is 2. The van der Waals surface area contributed by atoms with Crippen molar-refractivity contribution < 1.29 is 9.59 Å². The summed E-state index contributed by atoms with van der Waals surface area (Å²) in [6.45, 7) is 0.677. The topological polar surface area (TPSA) is 49.4 Å². The molecular formula is C12H12N2O2. The summed E-state index contributed by atoms with van der Waals surface area (Å²) in [5.41, 5.74) is 1.26. The number of carbonyl (C=O) groups excluding carboxylic acids is 2. The van der Waals surface area contributed by atoms with Crippen molar-refractivity contribution in [2.24, 2.45) is 0 Å². The molecule has 2 aliphatic rings. The molecule has 0 spiro atoms. The van der Waals surface area contributed by atoms with Crippen LogP contribution >= 0.6 is 0 Å². The summed E-state index contributed by atoms with van der Waals surface area (Å²) >= 11 is 0. The molecule has 4 heteroatoms. The van der Waals surface area contributed by atoms with E-state index in [2.05, 4.69) is 5.32 Å². The summed E-state index contributed by atoms with van der Waals surface area (Å²) in [6.07, 6.45) is 1.69. The summed E-state index contributed by atoms with van der Waals surface area (Å²) in [5.74, 6) is 0.0615. The van der Waals surface area contributed by atoms with Gasteiger partial charge in [0.2, 0.25) is 0 Å². The standard InChI is InChI=1S/C12H12N2O2/c15-11-8-4-1-2-5-9(8)13-12(16)14-7-3-6-10(11)14/h1-2,4-5,10H,3,6-7H2,(H,13,16)/t10-/m1/s1. The van der Waals surface area contributed by atoms with Crippen molar-refractivity contribution >= 4 is 17.5 Å². The number of Topliss-reactive ketones (excluding diaryl/α,β-unsaturated/α-hetero) is 1. The number of nitrogens with one attached hydrogen (secondary N) is 1. The fourth-order valence-electron chi connectivity index (χ4n) is 2.46. The summed E-state index contributed by atoms with van der Waals surface area (Å²) in [6, 6.07) is 6.79. The third-order valence-corrected chi connectivity index (χ3v) is 3.25. The predicted octanol–water partition coefficient (Wildman–Crippen LogP) is 1.88. The first-order chi connectivity index (χ1) is 7.77. The van der Waals surface area contributed by atoms with E-state index in [1.807, 2.05) is 12.1 Å². The van der Waals surface area contributed by atoms with Gasteiger partial charge in [-0.2, -0.15) is 0 Å². The van der Waals surface area contributed by atoms with Crippen molar-refractivity contribution in [3.8, 4) is 0 Å². The predicted molar refractivity (Wildman–Crippen MR) is 59.5 cm³/mol. The van der Waals surface area contributed by atoms with E-state index < -0.39 is 0 Å². The number of anilines is 1. The van der Waals surface area contributed by atoms with E-state index in [1.165, 1.54) is 0 Å². The van der Waals surface area contributed by atoms with Gasteiger partial charge in [0.15, 0.2) is 5.78 Å². The van der Waals surface area contributed by atoms with Crippen molar-refractivity contribution in [3.63, 3.8) is 0 Å². The van der Waals surface area contributed by atoms with Crippen LogP contribution in [0.15, 0.2) is 24.3 Å². The molecule has 16 heavy (non-hydrogen) atoms. The highest BCUT2D eigenvalue weighted by molar-refractivity contribution is 6.11. The first-order valence-corrected chi connectivity index (χ1v) is 5.48. The van der Waals surface area contributed by atoms with Crippen LogP contribution in [-0.4, -0.2) is 29.3 Å². The fraction of sp³-hybridized carbons (Fsp3) is 0.333. The molecule has 0 aliphatic carbocycles. The molecule has 1 atom stereocenters. The Morgan fingerprint density at radius 3 is 2.94 bits per heavy atom. The molecule has 0 unspecified atom stereocenters. The third kappa shape index (κ3) is 1.23. The Balaban J connectivity index is 2.11. The van der Waals surface area contributed by atoms with Gasteiger partial charge in [-0.3, -0.25) is 4.79 Å². The summed E-state index contributed by atoms with van der Waals surface area (Å²) in [7, 11) is 0. The smallest absolute Gasteiger partial charge is 0.314 e. The minimum absolute atomic E-state index is 0.0615. The highest BCUT2D eigenvalue weighted by Crippen LogP contribution is 2.28. The Bertz CT molecular complexity index is 470. The first-order valence-electron chi connectivity index (χ1n) is 5.48. The molecular weight excluding hydrogens is 204 g/mol. The SMILES string of the molecule is O=C1c2ccccc2NC(=O)N2CCC[C@H]12. The zero-order valence-electron chi connectivity index (χ0n) is 8.77. The van der Waals surface area contributed by atoms with Crippen LogP contribution in [-0.2, 0) is 0 Å². The summed E-state index contributed by atoms with van der Waals surface area (Å²) in [5, 5.41) is 2.79. The number of carbonyl (C=O) groups is 2. The van der Waals surface area contributed by atoms with Gasteiger partial charge in [0, 0.05) is 12.1 Å². The molecule has 1 aromatic carbocycles. The lowest BCUT2D eigenvalue weighted by atomic mass is 10.0. The molecule has 0 bridgehead atoms. The largest absolute Gasteiger partial charge is 0.322 e. The first kappa shape index (κ1) is 9.39. The number of hydrogen-bond donors (Lipinski definition) is 1. The second-order valence-corrected chi connectivity index (χ2v) is 4.19. The van der Waals surface area contributed by atoms with Crippen LogP contribution in [0.3, 0.4) is 0 Å². The van der Waals surface area contributed by atoms with Crippen LogP contribution in [0.4, 0.5) is 10.5 Å². The maximum absolute atomic E-state index is 12.2. The Hall–Kier alpha value is -1.84. The van der Waals surface area contributed by atoms with Gasteiger partial charge in [0.1, 0.15) is 0 Å². The van der Waals surface area contributed by atoms with Gasteiger partial charge >= 0.3 is 6.03 Å². The molecule has 1 N–H and O–H groups in total. The van der Waals surface area contributed by atoms with E-state index in [4.69, 9.17) is 0 Å². The van der Waals surface area contributed by atoms with E-state index in [0.717, 1.165) is 12.8 Å². The van der Waals surface area contributed by atoms with E-state index in [0.29, 0.717) is 17.8 Å². The summed E-state index contributed by atoms with van der Waals surface area (Å²) in [4.78, 5) is 25.7. The van der Waals surface area contributed by atoms with Crippen LogP contribution in [0.1, 0.15) is 23.2 Å². The maximum Gasteiger partial charge on any atom is 0.322 e. The number of benzene rings is 1. The van der Waals surface area contributed by atoms with Crippen molar-refractivity contribution in [1.82, 2.24) is 4.90 Å². The maximum atomic E-state index is 12.2. The zero-order valence-corrected chi connectivity index (χ0v) is 8.77. The van der Waals surface area contributed by atoms with Crippen LogP contribution in [0.5, 0.6) is 0 Å². The number of amides is 2. The normalized spacial score (nSPS) is 23.5. The second kappa shape index (κ2) is 3.33. The number of rotatable bonds is 0. The van der Waals surface area contributed by atoms with Gasteiger partial charge in [-0.25, -0.2) is 4.79 Å². The fourth-order valence-corrected chi connectivity index (χ4v) is 2.46. The van der Waals surface area contributed by atoms with Gasteiger partial charge in [-0.05, 0) is 25.0 Å². The molecule has 1 saturated heterocycles. The highest BCUT2D eigenvalue weighted by atomic mass is 16.2. The van der Waals surface area contributed by atoms with Gasteiger partial charge in [-0.15, -0.1) is 0 Å². The number of ketones is 1. The second-order valence-electron chi connectivity index (χ2n) is 4.19. The third-order valence-electron chi connectivity index (χ3n) is 3.25. The molecule has 1 aromatic rings. The van der Waals surface area contributed by atoms with Crippen LogP contribution < -0.4 is 5.32 Å². The summed E-state index contributed by atoms with van der Waals surface area (Å²) < 4.78 is 0. The minimum atomic E-state index is -0.261. The molecule has 0 aromatic heterocycles. The van der Waals surface area contributed by atoms with Crippen LogP contribution in [0, 0.1) is 0 Å². The lowest BCUT2D eigenvalue weighted by Gasteiger charge is -2.19.